The van der Waals surface area contributed by atoms with Gasteiger partial charge in [-0.15, -0.1) is 0 Å². The number of benzene rings is 1. The Hall–Kier alpha value is -2.77. The Bertz CT molecular complexity index is 1300. The average Bonchev–Trinajstić information content (AvgIpc) is 2.92. The Labute approximate surface area is 240 Å². The molecule has 2 atom stereocenters. The molecule has 3 rings (SSSR count). The van der Waals surface area contributed by atoms with E-state index in [1.54, 1.807) is 25.1 Å². The number of hydrogen-bond donors (Lipinski definition) is 1. The number of alkyl halides is 3. The highest BCUT2D eigenvalue weighted by molar-refractivity contribution is 7.89. The maximum absolute atomic E-state index is 14.0. The molecule has 1 heterocycles. The lowest BCUT2D eigenvalue weighted by Gasteiger charge is -2.37. The molecular weight excluding hydrogens is 559 g/mol. The normalized spacial score (nSPS) is 18.1. The van der Waals surface area contributed by atoms with Gasteiger partial charge in [0.2, 0.25) is 16.0 Å². The van der Waals surface area contributed by atoms with Gasteiger partial charge in [0.1, 0.15) is 5.75 Å². The first-order valence-corrected chi connectivity index (χ1v) is 15.4. The quantitative estimate of drug-likeness (QED) is 0.315. The van der Waals surface area contributed by atoms with Gasteiger partial charge in [-0.25, -0.2) is 22.7 Å². The molecule has 1 saturated carbocycles. The standard InChI is InChI=1S/C28H40F3N5O4S/c1-6-41(38,39)36(4)24-11-8-7-10-19(24)16-23-21(28(29,30)31)18-32-27(34-23)33-22-14-13-20(17-26(22)40-5)25(37)12-9-15-35(2)3/h13-14,17-19,24H,6-12,15-16H2,1-5H3,(H,32,33,34)/t19-,24+/m0/s1. The van der Waals surface area contributed by atoms with Gasteiger partial charge in [0.15, 0.2) is 5.78 Å². The maximum Gasteiger partial charge on any atom is 0.419 e. The van der Waals surface area contributed by atoms with Crippen LogP contribution in [-0.4, -0.2) is 80.0 Å². The van der Waals surface area contributed by atoms with Crippen molar-refractivity contribution in [2.24, 2.45) is 5.92 Å². The molecule has 41 heavy (non-hydrogen) atoms. The lowest BCUT2D eigenvalue weighted by Crippen LogP contribution is -2.45. The number of ether oxygens (including phenoxy) is 1. The molecule has 1 N–H and O–H groups in total. The van der Waals surface area contributed by atoms with Gasteiger partial charge in [-0.1, -0.05) is 12.8 Å². The zero-order valence-corrected chi connectivity index (χ0v) is 25.1. The summed E-state index contributed by atoms with van der Waals surface area (Å²) in [5.74, 6) is -0.177. The highest BCUT2D eigenvalue weighted by Gasteiger charge is 2.39. The molecule has 0 spiro atoms. The van der Waals surface area contributed by atoms with Crippen LogP contribution in [0.3, 0.4) is 0 Å². The molecule has 13 heteroatoms. The molecule has 2 aromatic rings. The van der Waals surface area contributed by atoms with Crippen LogP contribution in [-0.2, 0) is 22.6 Å². The minimum atomic E-state index is -4.67. The molecule has 1 aliphatic carbocycles. The number of halogens is 3. The van der Waals surface area contributed by atoms with Crippen molar-refractivity contribution in [2.45, 2.75) is 64.1 Å². The van der Waals surface area contributed by atoms with E-state index >= 15 is 0 Å². The van der Waals surface area contributed by atoms with Crippen molar-refractivity contribution in [3.63, 3.8) is 0 Å². The predicted molar refractivity (Wildman–Crippen MR) is 152 cm³/mol. The summed E-state index contributed by atoms with van der Waals surface area (Å²) in [7, 11) is 3.30. The first-order chi connectivity index (χ1) is 19.3. The first kappa shape index (κ1) is 32.7. The lowest BCUT2D eigenvalue weighted by atomic mass is 9.81. The Balaban J connectivity index is 1.88. The zero-order valence-electron chi connectivity index (χ0n) is 24.3. The molecule has 228 valence electrons. The van der Waals surface area contributed by atoms with Crippen LogP contribution in [0.4, 0.5) is 24.8 Å². The summed E-state index contributed by atoms with van der Waals surface area (Å²) in [6.07, 6.45) is -0.106. The van der Waals surface area contributed by atoms with Crippen LogP contribution in [0.5, 0.6) is 5.75 Å². The lowest BCUT2D eigenvalue weighted by molar-refractivity contribution is -0.138. The number of sulfonamides is 1. The van der Waals surface area contributed by atoms with E-state index in [2.05, 4.69) is 15.3 Å². The molecule has 0 aliphatic heterocycles. The van der Waals surface area contributed by atoms with E-state index in [1.165, 1.54) is 18.5 Å². The van der Waals surface area contributed by atoms with Crippen molar-refractivity contribution in [3.8, 4) is 5.75 Å². The molecule has 0 radical (unpaired) electrons. The number of carbonyl (C=O) groups excluding carboxylic acids is 1. The Morgan fingerprint density at radius 1 is 1.17 bits per heavy atom. The number of rotatable bonds is 13. The fraction of sp³-hybridized carbons (Fsp3) is 0.607. The van der Waals surface area contributed by atoms with Crippen molar-refractivity contribution in [3.05, 3.63) is 41.2 Å². The van der Waals surface area contributed by atoms with E-state index in [9.17, 15) is 26.4 Å². The van der Waals surface area contributed by atoms with Crippen molar-refractivity contribution < 1.29 is 31.1 Å². The molecule has 0 unspecified atom stereocenters. The van der Waals surface area contributed by atoms with Gasteiger partial charge >= 0.3 is 6.18 Å². The SMILES string of the molecule is CCS(=O)(=O)N(C)[C@@H]1CCCC[C@H]1Cc1nc(Nc2ccc(C(=O)CCCN(C)C)cc2OC)ncc1C(F)(F)F. The third-order valence-corrected chi connectivity index (χ3v) is 9.43. The molecule has 0 amide bonds. The Morgan fingerprint density at radius 2 is 1.88 bits per heavy atom. The summed E-state index contributed by atoms with van der Waals surface area (Å²) in [5, 5.41) is 2.93. The van der Waals surface area contributed by atoms with Crippen LogP contribution in [0.2, 0.25) is 0 Å². The van der Waals surface area contributed by atoms with Gasteiger partial charge in [-0.2, -0.15) is 13.2 Å². The number of nitrogens with one attached hydrogen (secondary N) is 1. The van der Waals surface area contributed by atoms with Gasteiger partial charge in [0.05, 0.1) is 29.8 Å². The molecular formula is C28H40F3N5O4S. The second kappa shape index (κ2) is 13.9. The Kier molecular flexibility index (Phi) is 11.1. The summed E-state index contributed by atoms with van der Waals surface area (Å²) >= 11 is 0. The first-order valence-electron chi connectivity index (χ1n) is 13.8. The monoisotopic (exact) mass is 599 g/mol. The van der Waals surface area contributed by atoms with Crippen LogP contribution in [0.1, 0.15) is 67.1 Å². The summed E-state index contributed by atoms with van der Waals surface area (Å²) < 4.78 is 73.8. The fourth-order valence-corrected chi connectivity index (χ4v) is 6.32. The molecule has 1 aliphatic rings. The van der Waals surface area contributed by atoms with E-state index in [0.29, 0.717) is 42.7 Å². The van der Waals surface area contributed by atoms with E-state index < -0.39 is 27.8 Å². The topological polar surface area (TPSA) is 105 Å². The summed E-state index contributed by atoms with van der Waals surface area (Å²) in [6.45, 7) is 2.33. The highest BCUT2D eigenvalue weighted by Crippen LogP contribution is 2.37. The number of ketones is 1. The van der Waals surface area contributed by atoms with E-state index in [-0.39, 0.29) is 35.5 Å². The molecule has 1 fully saturated rings. The van der Waals surface area contributed by atoms with Gasteiger partial charge in [0.25, 0.3) is 0 Å². The fourth-order valence-electron chi connectivity index (χ4n) is 5.22. The number of anilines is 2. The average molecular weight is 600 g/mol. The second-order valence-electron chi connectivity index (χ2n) is 10.7. The summed E-state index contributed by atoms with van der Waals surface area (Å²) in [6, 6.07) is 4.41. The van der Waals surface area contributed by atoms with E-state index in [1.807, 2.05) is 19.0 Å². The van der Waals surface area contributed by atoms with Crippen LogP contribution in [0.15, 0.2) is 24.4 Å². The van der Waals surface area contributed by atoms with Crippen molar-refractivity contribution >= 4 is 27.4 Å². The zero-order chi connectivity index (χ0) is 30.4. The molecule has 1 aromatic carbocycles. The number of Topliss-reactive ketones (excluding diaryl/α,β-unsaturated/α-hetero) is 1. The van der Waals surface area contributed by atoms with Crippen LogP contribution in [0.25, 0.3) is 0 Å². The number of nitrogens with zero attached hydrogens (tertiary/aromatic N) is 4. The van der Waals surface area contributed by atoms with Crippen LogP contribution in [0, 0.1) is 5.92 Å². The molecule has 0 saturated heterocycles. The minimum absolute atomic E-state index is 0.0399. The van der Waals surface area contributed by atoms with Gasteiger partial charge in [0, 0.05) is 31.3 Å². The van der Waals surface area contributed by atoms with Gasteiger partial charge < -0.3 is 15.0 Å². The molecule has 1 aromatic heterocycles. The third-order valence-electron chi connectivity index (χ3n) is 7.55. The highest BCUT2D eigenvalue weighted by atomic mass is 32.2. The van der Waals surface area contributed by atoms with Crippen molar-refractivity contribution in [2.75, 3.05) is 45.9 Å². The second-order valence-corrected chi connectivity index (χ2v) is 13.0. The van der Waals surface area contributed by atoms with Crippen molar-refractivity contribution in [1.82, 2.24) is 19.2 Å². The molecule has 9 nitrogen and oxygen atoms in total. The maximum atomic E-state index is 14.0. The number of methoxy groups -OCH3 is 1. The number of aromatic nitrogens is 2. The third kappa shape index (κ3) is 8.62. The smallest absolute Gasteiger partial charge is 0.419 e. The Morgan fingerprint density at radius 3 is 2.51 bits per heavy atom. The summed E-state index contributed by atoms with van der Waals surface area (Å²) in [5.41, 5.74) is -0.276. The minimum Gasteiger partial charge on any atom is -0.495 e. The van der Waals surface area contributed by atoms with E-state index in [0.717, 1.165) is 25.6 Å². The van der Waals surface area contributed by atoms with Gasteiger partial charge in [-0.05, 0) is 77.4 Å². The van der Waals surface area contributed by atoms with Gasteiger partial charge in [-0.3, -0.25) is 4.79 Å². The van der Waals surface area contributed by atoms with Crippen LogP contribution >= 0.6 is 0 Å². The summed E-state index contributed by atoms with van der Waals surface area (Å²) in [4.78, 5) is 22.8. The molecule has 0 bridgehead atoms. The number of carbonyl (C=O) groups is 1. The number of hydrogen-bond acceptors (Lipinski definition) is 8. The predicted octanol–water partition coefficient (Wildman–Crippen LogP) is 5.15. The van der Waals surface area contributed by atoms with Crippen LogP contribution < -0.4 is 10.1 Å². The van der Waals surface area contributed by atoms with Crippen molar-refractivity contribution in [1.29, 1.82) is 0 Å². The largest absolute Gasteiger partial charge is 0.495 e. The van der Waals surface area contributed by atoms with E-state index in [4.69, 9.17) is 4.74 Å².